The first-order valence-corrected chi connectivity index (χ1v) is 6.58. The second-order valence-electron chi connectivity index (χ2n) is 3.90. The highest BCUT2D eigenvalue weighted by atomic mass is 32.2. The predicted octanol–water partition coefficient (Wildman–Crippen LogP) is 2.08. The van der Waals surface area contributed by atoms with Crippen molar-refractivity contribution in [2.75, 3.05) is 25.2 Å². The molecule has 0 aromatic heterocycles. The summed E-state index contributed by atoms with van der Waals surface area (Å²) in [6.45, 7) is 1.05. The van der Waals surface area contributed by atoms with Crippen LogP contribution >= 0.6 is 11.8 Å². The van der Waals surface area contributed by atoms with Crippen molar-refractivity contribution in [3.63, 3.8) is 0 Å². The van der Waals surface area contributed by atoms with Crippen molar-refractivity contribution in [2.24, 2.45) is 0 Å². The van der Waals surface area contributed by atoms with E-state index in [-0.39, 0.29) is 5.82 Å². The molecule has 0 radical (unpaired) electrons. The van der Waals surface area contributed by atoms with Crippen molar-refractivity contribution in [2.45, 2.75) is 12.5 Å². The Bertz CT molecular complexity index is 353. The summed E-state index contributed by atoms with van der Waals surface area (Å²) < 4.78 is 18.3. The summed E-state index contributed by atoms with van der Waals surface area (Å²) in [5, 5.41) is 3.44. The van der Waals surface area contributed by atoms with Crippen LogP contribution in [0.15, 0.2) is 18.2 Å². The summed E-state index contributed by atoms with van der Waals surface area (Å²) in [6, 6.07) is 5.66. The van der Waals surface area contributed by atoms with Gasteiger partial charge < -0.3 is 10.1 Å². The zero-order valence-electron chi connectivity index (χ0n) is 9.33. The molecular weight excluding hydrogens is 225 g/mol. The van der Waals surface area contributed by atoms with Crippen molar-refractivity contribution in [3.05, 3.63) is 29.6 Å². The van der Waals surface area contributed by atoms with Crippen molar-refractivity contribution in [3.8, 4) is 5.75 Å². The standard InChI is InChI=1S/C12H16FNOS/c1-15-12-3-2-9(7-11(12)13)6-10-8-16-5-4-14-10/h2-3,7,10,14H,4-6,8H2,1H3. The van der Waals surface area contributed by atoms with E-state index in [1.54, 1.807) is 12.1 Å². The third-order valence-electron chi connectivity index (χ3n) is 2.70. The van der Waals surface area contributed by atoms with Gasteiger partial charge in [0.25, 0.3) is 0 Å². The molecule has 1 heterocycles. The fraction of sp³-hybridized carbons (Fsp3) is 0.500. The Kier molecular flexibility index (Phi) is 4.07. The number of rotatable bonds is 3. The average Bonchev–Trinajstić information content (AvgIpc) is 2.31. The molecule has 0 saturated carbocycles. The normalized spacial score (nSPS) is 20.8. The molecule has 0 spiro atoms. The molecule has 1 atom stereocenters. The van der Waals surface area contributed by atoms with Crippen LogP contribution in [0.2, 0.25) is 0 Å². The first-order chi connectivity index (χ1) is 7.79. The number of nitrogens with one attached hydrogen (secondary N) is 1. The van der Waals surface area contributed by atoms with E-state index in [2.05, 4.69) is 5.32 Å². The molecule has 16 heavy (non-hydrogen) atoms. The Morgan fingerprint density at radius 3 is 3.06 bits per heavy atom. The first kappa shape index (κ1) is 11.7. The topological polar surface area (TPSA) is 21.3 Å². The van der Waals surface area contributed by atoms with Crippen LogP contribution < -0.4 is 10.1 Å². The van der Waals surface area contributed by atoms with Crippen LogP contribution in [0.3, 0.4) is 0 Å². The van der Waals surface area contributed by atoms with E-state index in [9.17, 15) is 4.39 Å². The van der Waals surface area contributed by atoms with Gasteiger partial charge in [-0.05, 0) is 24.1 Å². The Hall–Kier alpha value is -0.740. The molecule has 0 aliphatic carbocycles. The highest BCUT2D eigenvalue weighted by Crippen LogP contribution is 2.19. The van der Waals surface area contributed by atoms with Crippen LogP contribution in [0.4, 0.5) is 4.39 Å². The molecule has 1 saturated heterocycles. The highest BCUT2D eigenvalue weighted by Gasteiger charge is 2.14. The maximum Gasteiger partial charge on any atom is 0.165 e. The van der Waals surface area contributed by atoms with Gasteiger partial charge >= 0.3 is 0 Å². The van der Waals surface area contributed by atoms with Crippen LogP contribution in [-0.2, 0) is 6.42 Å². The number of thioether (sulfide) groups is 1. The lowest BCUT2D eigenvalue weighted by molar-refractivity contribution is 0.386. The van der Waals surface area contributed by atoms with Crippen LogP contribution in [0.1, 0.15) is 5.56 Å². The lowest BCUT2D eigenvalue weighted by atomic mass is 10.1. The number of ether oxygens (including phenoxy) is 1. The number of benzene rings is 1. The van der Waals surface area contributed by atoms with Crippen LogP contribution in [-0.4, -0.2) is 31.2 Å². The number of methoxy groups -OCH3 is 1. The van der Waals surface area contributed by atoms with E-state index < -0.39 is 0 Å². The van der Waals surface area contributed by atoms with E-state index in [4.69, 9.17) is 4.74 Å². The maximum absolute atomic E-state index is 13.5. The minimum absolute atomic E-state index is 0.275. The minimum Gasteiger partial charge on any atom is -0.494 e. The molecule has 0 amide bonds. The van der Waals surface area contributed by atoms with E-state index in [1.807, 2.05) is 17.8 Å². The second kappa shape index (κ2) is 5.55. The summed E-state index contributed by atoms with van der Waals surface area (Å²) in [4.78, 5) is 0. The third-order valence-corrected chi connectivity index (χ3v) is 3.83. The Labute approximate surface area is 99.6 Å². The number of hydrogen-bond acceptors (Lipinski definition) is 3. The zero-order valence-corrected chi connectivity index (χ0v) is 10.1. The van der Waals surface area contributed by atoms with Crippen LogP contribution in [0.5, 0.6) is 5.75 Å². The molecule has 0 bridgehead atoms. The largest absolute Gasteiger partial charge is 0.494 e. The summed E-state index contributed by atoms with van der Waals surface area (Å²) in [5.74, 6) is 2.32. The van der Waals surface area contributed by atoms with Gasteiger partial charge in [-0.3, -0.25) is 0 Å². The average molecular weight is 241 g/mol. The molecule has 1 fully saturated rings. The highest BCUT2D eigenvalue weighted by molar-refractivity contribution is 7.99. The first-order valence-electron chi connectivity index (χ1n) is 5.43. The van der Waals surface area contributed by atoms with Crippen molar-refractivity contribution < 1.29 is 9.13 Å². The van der Waals surface area contributed by atoms with E-state index in [1.165, 1.54) is 12.9 Å². The molecular formula is C12H16FNOS. The monoisotopic (exact) mass is 241 g/mol. The molecule has 2 rings (SSSR count). The fourth-order valence-electron chi connectivity index (χ4n) is 1.87. The van der Waals surface area contributed by atoms with Crippen molar-refractivity contribution in [1.29, 1.82) is 0 Å². The summed E-state index contributed by atoms with van der Waals surface area (Å²) >= 11 is 1.95. The Balaban J connectivity index is 2.01. The van der Waals surface area contributed by atoms with E-state index in [0.717, 1.165) is 24.3 Å². The molecule has 1 aliphatic rings. The molecule has 88 valence electrons. The van der Waals surface area contributed by atoms with E-state index in [0.29, 0.717) is 11.8 Å². The Morgan fingerprint density at radius 2 is 2.44 bits per heavy atom. The lowest BCUT2D eigenvalue weighted by Gasteiger charge is -2.23. The van der Waals surface area contributed by atoms with Gasteiger partial charge in [0.05, 0.1) is 7.11 Å². The van der Waals surface area contributed by atoms with Gasteiger partial charge in [0.1, 0.15) is 0 Å². The third kappa shape index (κ3) is 2.89. The van der Waals surface area contributed by atoms with Gasteiger partial charge in [-0.15, -0.1) is 0 Å². The molecule has 1 aliphatic heterocycles. The molecule has 1 unspecified atom stereocenters. The number of halogens is 1. The zero-order chi connectivity index (χ0) is 11.4. The van der Waals surface area contributed by atoms with Gasteiger partial charge in [-0.2, -0.15) is 11.8 Å². The van der Waals surface area contributed by atoms with Crippen LogP contribution in [0.25, 0.3) is 0 Å². The van der Waals surface area contributed by atoms with Gasteiger partial charge in [-0.1, -0.05) is 6.07 Å². The molecule has 2 nitrogen and oxygen atoms in total. The maximum atomic E-state index is 13.5. The van der Waals surface area contributed by atoms with Gasteiger partial charge in [0, 0.05) is 24.1 Å². The van der Waals surface area contributed by atoms with Gasteiger partial charge in [-0.25, -0.2) is 4.39 Å². The van der Waals surface area contributed by atoms with Gasteiger partial charge in [0.2, 0.25) is 0 Å². The molecule has 1 aromatic carbocycles. The molecule has 1 aromatic rings. The van der Waals surface area contributed by atoms with Crippen molar-refractivity contribution in [1.82, 2.24) is 5.32 Å². The summed E-state index contributed by atoms with van der Waals surface area (Å²) in [6.07, 6.45) is 0.883. The minimum atomic E-state index is -0.275. The SMILES string of the molecule is COc1ccc(CC2CSCCN2)cc1F. The molecule has 4 heteroatoms. The fourth-order valence-corrected chi connectivity index (χ4v) is 2.82. The second-order valence-corrected chi connectivity index (χ2v) is 5.05. The van der Waals surface area contributed by atoms with Gasteiger partial charge in [0.15, 0.2) is 11.6 Å². The van der Waals surface area contributed by atoms with Crippen LogP contribution in [0, 0.1) is 5.82 Å². The Morgan fingerprint density at radius 1 is 1.56 bits per heavy atom. The quantitative estimate of drug-likeness (QED) is 0.875. The van der Waals surface area contributed by atoms with E-state index >= 15 is 0 Å². The predicted molar refractivity (Wildman–Crippen MR) is 65.8 cm³/mol. The number of hydrogen-bond donors (Lipinski definition) is 1. The van der Waals surface area contributed by atoms with Crippen molar-refractivity contribution >= 4 is 11.8 Å². The summed E-state index contributed by atoms with van der Waals surface area (Å²) in [5.41, 5.74) is 1.03. The smallest absolute Gasteiger partial charge is 0.165 e. The lowest BCUT2D eigenvalue weighted by Crippen LogP contribution is -2.38. The molecule has 1 N–H and O–H groups in total. The summed E-state index contributed by atoms with van der Waals surface area (Å²) in [7, 11) is 1.48.